The van der Waals surface area contributed by atoms with Crippen LogP contribution < -0.4 is 5.32 Å². The second-order valence-corrected chi connectivity index (χ2v) is 12.8. The number of halogens is 3. The molecule has 1 N–H and O–H groups in total. The summed E-state index contributed by atoms with van der Waals surface area (Å²) < 4.78 is 18.5. The molecule has 51 heavy (non-hydrogen) atoms. The van der Waals surface area contributed by atoms with Crippen LogP contribution in [0, 0.1) is 0 Å². The molecule has 2 aromatic heterocycles. The molecule has 0 radical (unpaired) electrons. The van der Waals surface area contributed by atoms with Crippen LogP contribution in [0.1, 0.15) is 28.2 Å². The van der Waals surface area contributed by atoms with E-state index in [0.717, 1.165) is 11.1 Å². The second kappa shape index (κ2) is 18.5. The topological polar surface area (TPSA) is 156 Å². The van der Waals surface area contributed by atoms with Crippen LogP contribution in [0.15, 0.2) is 73.3 Å². The van der Waals surface area contributed by atoms with Crippen LogP contribution in [-0.2, 0) is 23.8 Å². The van der Waals surface area contributed by atoms with Crippen molar-refractivity contribution in [2.24, 2.45) is 0 Å². The molecule has 0 unspecified atom stereocenters. The Labute approximate surface area is 311 Å². The lowest BCUT2D eigenvalue weighted by molar-refractivity contribution is -0.150. The van der Waals surface area contributed by atoms with Crippen LogP contribution >= 0.6 is 35.6 Å². The van der Waals surface area contributed by atoms with E-state index >= 15 is 0 Å². The van der Waals surface area contributed by atoms with Crippen LogP contribution in [0.4, 0.5) is 4.79 Å². The van der Waals surface area contributed by atoms with Gasteiger partial charge in [0.25, 0.3) is 0 Å². The number of benzene rings is 2. The summed E-state index contributed by atoms with van der Waals surface area (Å²) in [5, 5.41) is 12.7. The van der Waals surface area contributed by atoms with Crippen LogP contribution in [0.25, 0.3) is 35.2 Å². The van der Waals surface area contributed by atoms with Crippen molar-refractivity contribution < 1.29 is 28.6 Å². The fourth-order valence-electron chi connectivity index (χ4n) is 4.23. The Kier molecular flexibility index (Phi) is 14.7. The number of carbonyl (C=O) groups is 3. The number of aromatic nitrogens is 6. The lowest BCUT2D eigenvalue weighted by Crippen LogP contribution is -2.56. The molecule has 17 heteroatoms. The van der Waals surface area contributed by atoms with Crippen molar-refractivity contribution in [2.75, 3.05) is 26.2 Å². The van der Waals surface area contributed by atoms with Gasteiger partial charge in [0.15, 0.2) is 11.6 Å². The number of likely N-dealkylation sites (tertiary alicyclic amines) is 1. The minimum absolute atomic E-state index is 0. The van der Waals surface area contributed by atoms with Gasteiger partial charge in [-0.25, -0.2) is 33.7 Å². The fourth-order valence-corrected chi connectivity index (χ4v) is 4.61. The molecule has 1 amide bonds. The SMILES string of the molecule is C.CC(C)(C)OC(=O)N1CC(OC(=O)/C=C\n2cnc(-c3cccc(Cl)c3)n2)C1.Cl.O=C(/C=C\n1cnc(-c2cccc(Cl)c2)n1)OC1CNC1. The van der Waals surface area contributed by atoms with Crippen LogP contribution in [-0.4, -0.2) is 96.4 Å². The Bertz CT molecular complexity index is 1840. The van der Waals surface area contributed by atoms with Gasteiger partial charge >= 0.3 is 18.0 Å². The highest BCUT2D eigenvalue weighted by Crippen LogP contribution is 2.21. The summed E-state index contributed by atoms with van der Waals surface area (Å²) >= 11 is 11.9. The zero-order valence-electron chi connectivity index (χ0n) is 27.3. The van der Waals surface area contributed by atoms with Gasteiger partial charge < -0.3 is 24.4 Å². The third kappa shape index (κ3) is 12.5. The highest BCUT2D eigenvalue weighted by atomic mass is 35.5. The lowest BCUT2D eigenvalue weighted by atomic mass is 10.2. The number of nitrogens with one attached hydrogen (secondary N) is 1. The monoisotopic (exact) mass is 760 g/mol. The zero-order chi connectivity index (χ0) is 35.0. The Morgan fingerprint density at radius 1 is 0.804 bits per heavy atom. The molecule has 2 aliphatic rings. The third-order valence-electron chi connectivity index (χ3n) is 6.72. The number of esters is 2. The first kappa shape index (κ1) is 40.7. The maximum atomic E-state index is 11.9. The average molecular weight is 762 g/mol. The van der Waals surface area contributed by atoms with E-state index in [1.807, 2.05) is 24.3 Å². The van der Waals surface area contributed by atoms with Crippen LogP contribution in [0.3, 0.4) is 0 Å². The second-order valence-electron chi connectivity index (χ2n) is 11.9. The van der Waals surface area contributed by atoms with Gasteiger partial charge in [0.05, 0.1) is 13.1 Å². The summed E-state index contributed by atoms with van der Waals surface area (Å²) in [6.07, 6.45) is 7.76. The van der Waals surface area contributed by atoms with Gasteiger partial charge in [-0.05, 0) is 45.0 Å². The van der Waals surface area contributed by atoms with Crippen LogP contribution in [0.5, 0.6) is 0 Å². The first-order chi connectivity index (χ1) is 23.4. The maximum absolute atomic E-state index is 11.9. The molecule has 14 nitrogen and oxygen atoms in total. The first-order valence-electron chi connectivity index (χ1n) is 15.2. The van der Waals surface area contributed by atoms with E-state index in [0.29, 0.717) is 47.9 Å². The predicted molar refractivity (Wildman–Crippen MR) is 196 cm³/mol. The molecule has 2 saturated heterocycles. The Morgan fingerprint density at radius 2 is 1.27 bits per heavy atom. The molecular weight excluding hydrogens is 723 g/mol. The third-order valence-corrected chi connectivity index (χ3v) is 7.19. The molecule has 6 rings (SSSR count). The standard InChI is InChI=1S/C19H21ClN4O4.C14H13ClN4O2.CH4.ClH/c1-19(2,3)28-18(26)23-10-15(11-23)27-16(25)7-8-24-12-21-17(22-24)13-5-4-6-14(20)9-13;15-11-3-1-2-10(6-11)14-17-9-19(18-14)5-4-13(20)21-12-7-16-8-12;;/h4-9,12,15H,10-11H2,1-3H3;1-6,9,12,16H,7-8H2;1H4;1H/b8-7-;5-4-;;. The molecule has 0 spiro atoms. The van der Waals surface area contributed by atoms with Gasteiger partial charge in [-0.15, -0.1) is 22.6 Å². The molecule has 272 valence electrons. The van der Waals surface area contributed by atoms with E-state index in [2.05, 4.69) is 25.5 Å². The minimum atomic E-state index is -0.552. The van der Waals surface area contributed by atoms with E-state index in [9.17, 15) is 14.4 Å². The summed E-state index contributed by atoms with van der Waals surface area (Å²) in [6.45, 7) is 7.45. The van der Waals surface area contributed by atoms with Gasteiger partial charge in [0, 0.05) is 58.8 Å². The van der Waals surface area contributed by atoms with Crippen molar-refractivity contribution in [2.45, 2.75) is 46.0 Å². The van der Waals surface area contributed by atoms with E-state index in [-0.39, 0.29) is 38.0 Å². The molecule has 0 atom stereocenters. The molecule has 2 aromatic carbocycles. The van der Waals surface area contributed by atoms with Crippen molar-refractivity contribution in [3.8, 4) is 22.8 Å². The smallest absolute Gasteiger partial charge is 0.410 e. The van der Waals surface area contributed by atoms with E-state index in [4.69, 9.17) is 37.4 Å². The fraction of sp³-hybridized carbons (Fsp3) is 0.324. The summed E-state index contributed by atoms with van der Waals surface area (Å²) in [7, 11) is 0. The van der Waals surface area contributed by atoms with Gasteiger partial charge in [0.2, 0.25) is 0 Å². The van der Waals surface area contributed by atoms with Crippen molar-refractivity contribution in [1.82, 2.24) is 39.7 Å². The Morgan fingerprint density at radius 3 is 1.69 bits per heavy atom. The lowest BCUT2D eigenvalue weighted by Gasteiger charge is -2.38. The van der Waals surface area contributed by atoms with Gasteiger partial charge in [0.1, 0.15) is 30.5 Å². The van der Waals surface area contributed by atoms with Gasteiger partial charge in [-0.3, -0.25) is 0 Å². The zero-order valence-corrected chi connectivity index (χ0v) is 29.6. The predicted octanol–water partition coefficient (Wildman–Crippen LogP) is 5.87. The van der Waals surface area contributed by atoms with Crippen molar-refractivity contribution in [1.29, 1.82) is 0 Å². The molecule has 2 fully saturated rings. The molecule has 4 heterocycles. The van der Waals surface area contributed by atoms with Gasteiger partial charge in [-0.1, -0.05) is 54.9 Å². The summed E-state index contributed by atoms with van der Waals surface area (Å²) in [5.41, 5.74) is 1.04. The van der Waals surface area contributed by atoms with Gasteiger partial charge in [-0.2, -0.15) is 0 Å². The van der Waals surface area contributed by atoms with Crippen molar-refractivity contribution >= 4 is 66.0 Å². The largest absolute Gasteiger partial charge is 0.456 e. The summed E-state index contributed by atoms with van der Waals surface area (Å²) in [5.74, 6) is 0.126. The van der Waals surface area contributed by atoms with E-state index < -0.39 is 17.7 Å². The quantitative estimate of drug-likeness (QED) is 0.130. The van der Waals surface area contributed by atoms with E-state index in [1.165, 1.54) is 51.5 Å². The average Bonchev–Trinajstić information content (AvgIpc) is 3.68. The number of ether oxygens (including phenoxy) is 3. The first-order valence-corrected chi connectivity index (χ1v) is 16.0. The minimum Gasteiger partial charge on any atom is -0.456 e. The molecular formula is C34H39Cl3N8O6. The molecule has 2 aliphatic heterocycles. The normalized spacial score (nSPS) is 14.3. The molecule has 4 aromatic rings. The van der Waals surface area contributed by atoms with E-state index in [1.54, 1.807) is 45.0 Å². The van der Waals surface area contributed by atoms with Crippen molar-refractivity contribution in [3.05, 3.63) is 83.4 Å². The molecule has 0 aliphatic carbocycles. The highest BCUT2D eigenvalue weighted by Gasteiger charge is 2.35. The number of carbonyl (C=O) groups excluding carboxylic acids is 3. The number of rotatable bonds is 8. The maximum Gasteiger partial charge on any atom is 0.410 e. The number of hydrogen-bond donors (Lipinski definition) is 1. The molecule has 0 saturated carbocycles. The highest BCUT2D eigenvalue weighted by molar-refractivity contribution is 6.31. The van der Waals surface area contributed by atoms with Crippen molar-refractivity contribution in [3.63, 3.8) is 0 Å². The van der Waals surface area contributed by atoms with Crippen LogP contribution in [0.2, 0.25) is 10.0 Å². The Hall–Kier alpha value is -4.76. The summed E-state index contributed by atoms with van der Waals surface area (Å²) in [6, 6.07) is 14.4. The number of amides is 1. The Balaban J connectivity index is 0.000000274. The number of nitrogens with zero attached hydrogens (tertiary/aromatic N) is 7. The number of hydrogen-bond acceptors (Lipinski definition) is 11. The molecule has 0 bridgehead atoms. The summed E-state index contributed by atoms with van der Waals surface area (Å²) in [4.78, 5) is 45.1.